The lowest BCUT2D eigenvalue weighted by molar-refractivity contribution is -0.134. The van der Waals surface area contributed by atoms with Gasteiger partial charge in [-0.15, -0.1) is 24.8 Å². The van der Waals surface area contributed by atoms with Crippen LogP contribution in [-0.4, -0.2) is 47.9 Å². The average Bonchev–Trinajstić information content (AvgIpc) is 2.46. The Morgan fingerprint density at radius 1 is 1.21 bits per heavy atom. The van der Waals surface area contributed by atoms with Crippen LogP contribution in [0.15, 0.2) is 24.3 Å². The van der Waals surface area contributed by atoms with Crippen molar-refractivity contribution < 1.29 is 4.79 Å². The molecule has 0 unspecified atom stereocenters. The van der Waals surface area contributed by atoms with E-state index in [1.54, 1.807) is 0 Å². The van der Waals surface area contributed by atoms with Gasteiger partial charge in [0, 0.05) is 37.7 Å². The van der Waals surface area contributed by atoms with Crippen LogP contribution >= 0.6 is 36.4 Å². The van der Waals surface area contributed by atoms with E-state index in [4.69, 9.17) is 17.3 Å². The van der Waals surface area contributed by atoms with Gasteiger partial charge in [0.1, 0.15) is 0 Å². The Morgan fingerprint density at radius 3 is 2.38 bits per heavy atom. The third-order valence-corrected chi connectivity index (χ3v) is 4.26. The van der Waals surface area contributed by atoms with Crippen LogP contribution in [0, 0.1) is 5.92 Å². The highest BCUT2D eigenvalue weighted by atomic mass is 35.5. The lowest BCUT2D eigenvalue weighted by atomic mass is 10.0. The minimum atomic E-state index is -0.362. The SMILES string of the molecule is CC(C)C[C@H](N)C(=O)N1CCN(Cc2cccc(Cl)c2)CC1.Cl.Cl. The molecular formula is C17H28Cl3N3O. The molecule has 1 saturated heterocycles. The van der Waals surface area contributed by atoms with E-state index in [9.17, 15) is 4.79 Å². The Balaban J connectivity index is 0.00000264. The first-order valence-corrected chi connectivity index (χ1v) is 8.34. The van der Waals surface area contributed by atoms with Gasteiger partial charge in [0.05, 0.1) is 6.04 Å². The van der Waals surface area contributed by atoms with E-state index in [1.165, 1.54) is 5.56 Å². The summed E-state index contributed by atoms with van der Waals surface area (Å²) < 4.78 is 0. The Labute approximate surface area is 162 Å². The van der Waals surface area contributed by atoms with Crippen molar-refractivity contribution >= 4 is 42.3 Å². The lowest BCUT2D eigenvalue weighted by Gasteiger charge is -2.36. The van der Waals surface area contributed by atoms with Gasteiger partial charge in [-0.2, -0.15) is 0 Å². The highest BCUT2D eigenvalue weighted by molar-refractivity contribution is 6.30. The van der Waals surface area contributed by atoms with Crippen molar-refractivity contribution in [3.05, 3.63) is 34.9 Å². The number of hydrogen-bond donors (Lipinski definition) is 1. The van der Waals surface area contributed by atoms with E-state index in [2.05, 4.69) is 24.8 Å². The van der Waals surface area contributed by atoms with Crippen LogP contribution in [-0.2, 0) is 11.3 Å². The summed E-state index contributed by atoms with van der Waals surface area (Å²) in [6.07, 6.45) is 0.752. The minimum absolute atomic E-state index is 0. The molecule has 1 aliphatic rings. The molecule has 1 amide bonds. The fourth-order valence-electron chi connectivity index (χ4n) is 2.86. The molecule has 0 radical (unpaired) electrons. The van der Waals surface area contributed by atoms with Gasteiger partial charge in [0.15, 0.2) is 0 Å². The highest BCUT2D eigenvalue weighted by Crippen LogP contribution is 2.14. The Morgan fingerprint density at radius 2 is 1.83 bits per heavy atom. The van der Waals surface area contributed by atoms with Crippen LogP contribution in [0.2, 0.25) is 5.02 Å². The third kappa shape index (κ3) is 7.16. The summed E-state index contributed by atoms with van der Waals surface area (Å²) in [5.74, 6) is 0.541. The average molecular weight is 397 g/mol. The molecule has 1 fully saturated rings. The van der Waals surface area contributed by atoms with Gasteiger partial charge >= 0.3 is 0 Å². The summed E-state index contributed by atoms with van der Waals surface area (Å²) in [5, 5.41) is 0.769. The quantitative estimate of drug-likeness (QED) is 0.831. The van der Waals surface area contributed by atoms with Crippen LogP contribution in [0.25, 0.3) is 0 Å². The number of amides is 1. The molecule has 2 rings (SSSR count). The summed E-state index contributed by atoms with van der Waals surface area (Å²) >= 11 is 6.02. The van der Waals surface area contributed by atoms with Crippen LogP contribution in [0.5, 0.6) is 0 Å². The fraction of sp³-hybridized carbons (Fsp3) is 0.588. The molecule has 0 saturated carbocycles. The molecule has 4 nitrogen and oxygen atoms in total. The molecule has 1 aromatic rings. The highest BCUT2D eigenvalue weighted by Gasteiger charge is 2.25. The molecule has 1 aromatic carbocycles. The van der Waals surface area contributed by atoms with E-state index in [0.717, 1.165) is 44.2 Å². The number of nitrogens with two attached hydrogens (primary N) is 1. The molecule has 2 N–H and O–H groups in total. The molecule has 1 atom stereocenters. The summed E-state index contributed by atoms with van der Waals surface area (Å²) in [6, 6.07) is 7.58. The fourth-order valence-corrected chi connectivity index (χ4v) is 3.08. The molecular weight excluding hydrogens is 369 g/mol. The first kappa shape index (κ1) is 23.5. The molecule has 138 valence electrons. The topological polar surface area (TPSA) is 49.6 Å². The van der Waals surface area contributed by atoms with Crippen LogP contribution < -0.4 is 5.73 Å². The zero-order valence-electron chi connectivity index (χ0n) is 14.3. The lowest BCUT2D eigenvalue weighted by Crippen LogP contribution is -2.53. The van der Waals surface area contributed by atoms with Crippen molar-refractivity contribution in [1.82, 2.24) is 9.80 Å². The smallest absolute Gasteiger partial charge is 0.239 e. The predicted molar refractivity (Wildman–Crippen MR) is 105 cm³/mol. The van der Waals surface area contributed by atoms with Crippen molar-refractivity contribution in [2.45, 2.75) is 32.9 Å². The zero-order chi connectivity index (χ0) is 16.1. The number of piperazine rings is 1. The second kappa shape index (κ2) is 11.2. The second-order valence-corrected chi connectivity index (χ2v) is 6.90. The number of carbonyl (C=O) groups excluding carboxylic acids is 1. The van der Waals surface area contributed by atoms with Gasteiger partial charge in [-0.1, -0.05) is 37.6 Å². The molecule has 1 heterocycles. The number of halogens is 3. The number of nitrogens with zero attached hydrogens (tertiary/aromatic N) is 2. The summed E-state index contributed by atoms with van der Waals surface area (Å²) in [7, 11) is 0. The third-order valence-electron chi connectivity index (χ3n) is 4.02. The van der Waals surface area contributed by atoms with Gasteiger partial charge in [-0.05, 0) is 30.0 Å². The normalized spacial score (nSPS) is 16.3. The largest absolute Gasteiger partial charge is 0.339 e. The Kier molecular flexibility index (Phi) is 10.9. The predicted octanol–water partition coefficient (Wildman–Crippen LogP) is 3.20. The molecule has 7 heteroatoms. The molecule has 0 aliphatic carbocycles. The van der Waals surface area contributed by atoms with E-state index in [0.29, 0.717) is 5.92 Å². The number of rotatable bonds is 5. The van der Waals surface area contributed by atoms with E-state index >= 15 is 0 Å². The Bertz CT molecular complexity index is 506. The maximum absolute atomic E-state index is 12.3. The van der Waals surface area contributed by atoms with Crippen molar-refractivity contribution in [1.29, 1.82) is 0 Å². The maximum atomic E-state index is 12.3. The van der Waals surface area contributed by atoms with E-state index in [-0.39, 0.29) is 36.8 Å². The molecule has 1 aliphatic heterocycles. The summed E-state index contributed by atoms with van der Waals surface area (Å²) in [4.78, 5) is 16.6. The molecule has 24 heavy (non-hydrogen) atoms. The van der Waals surface area contributed by atoms with Gasteiger partial charge < -0.3 is 10.6 Å². The van der Waals surface area contributed by atoms with Crippen LogP contribution in [0.4, 0.5) is 0 Å². The van der Waals surface area contributed by atoms with Crippen molar-refractivity contribution in [3.8, 4) is 0 Å². The molecule has 0 spiro atoms. The van der Waals surface area contributed by atoms with Crippen molar-refractivity contribution in [3.63, 3.8) is 0 Å². The van der Waals surface area contributed by atoms with Crippen LogP contribution in [0.1, 0.15) is 25.8 Å². The summed E-state index contributed by atoms with van der Waals surface area (Å²) in [5.41, 5.74) is 7.22. The van der Waals surface area contributed by atoms with Gasteiger partial charge in [-0.25, -0.2) is 0 Å². The van der Waals surface area contributed by atoms with E-state index in [1.807, 2.05) is 23.1 Å². The number of hydrogen-bond acceptors (Lipinski definition) is 3. The summed E-state index contributed by atoms with van der Waals surface area (Å²) in [6.45, 7) is 8.34. The van der Waals surface area contributed by atoms with Gasteiger partial charge in [-0.3, -0.25) is 9.69 Å². The van der Waals surface area contributed by atoms with E-state index < -0.39 is 0 Å². The Hall–Kier alpha value is -0.520. The second-order valence-electron chi connectivity index (χ2n) is 6.47. The standard InChI is InChI=1S/C17H26ClN3O.2ClH/c1-13(2)10-16(19)17(22)21-8-6-20(7-9-21)12-14-4-3-5-15(18)11-14;;/h3-5,11,13,16H,6-10,12,19H2,1-2H3;2*1H/t16-;;/m0../s1. The van der Waals surface area contributed by atoms with Crippen molar-refractivity contribution in [2.75, 3.05) is 26.2 Å². The van der Waals surface area contributed by atoms with Gasteiger partial charge in [0.2, 0.25) is 5.91 Å². The maximum Gasteiger partial charge on any atom is 0.239 e. The first-order valence-electron chi connectivity index (χ1n) is 7.97. The molecule has 0 bridgehead atoms. The van der Waals surface area contributed by atoms with Gasteiger partial charge in [0.25, 0.3) is 0 Å². The number of benzene rings is 1. The molecule has 0 aromatic heterocycles. The number of carbonyl (C=O) groups is 1. The van der Waals surface area contributed by atoms with Crippen LogP contribution in [0.3, 0.4) is 0 Å². The minimum Gasteiger partial charge on any atom is -0.339 e. The first-order chi connectivity index (χ1) is 10.5. The zero-order valence-corrected chi connectivity index (χ0v) is 16.7. The van der Waals surface area contributed by atoms with Crippen molar-refractivity contribution in [2.24, 2.45) is 11.7 Å². The monoisotopic (exact) mass is 395 g/mol.